The van der Waals surface area contributed by atoms with Crippen molar-refractivity contribution in [3.63, 3.8) is 0 Å². The molecule has 4 rings (SSSR count). The molecule has 0 aliphatic carbocycles. The molecule has 0 radical (unpaired) electrons. The highest BCUT2D eigenvalue weighted by atomic mass is 16.5. The maximum atomic E-state index is 13.1. The van der Waals surface area contributed by atoms with Gasteiger partial charge in [0.1, 0.15) is 12.4 Å². The van der Waals surface area contributed by atoms with Crippen LogP contribution in [-0.2, 0) is 0 Å². The maximum absolute atomic E-state index is 13.1. The van der Waals surface area contributed by atoms with Crippen molar-refractivity contribution in [3.8, 4) is 5.75 Å². The molecule has 1 aromatic carbocycles. The number of hydrogen-bond donors (Lipinski definition) is 0. The highest BCUT2D eigenvalue weighted by molar-refractivity contribution is 5.98. The van der Waals surface area contributed by atoms with E-state index < -0.39 is 0 Å². The van der Waals surface area contributed by atoms with Gasteiger partial charge in [0.2, 0.25) is 0 Å². The Balaban J connectivity index is 1.34. The SMILES string of the molecule is Cc1nc2c(cnn2C(C)C)cc1C(=O)N1CCN(CCOc2ccccc2)CC1. The van der Waals surface area contributed by atoms with Crippen molar-refractivity contribution in [3.05, 3.63) is 53.9 Å². The number of rotatable bonds is 6. The molecule has 1 saturated heterocycles. The van der Waals surface area contributed by atoms with Crippen LogP contribution in [0.15, 0.2) is 42.6 Å². The smallest absolute Gasteiger partial charge is 0.255 e. The molecule has 3 heterocycles. The van der Waals surface area contributed by atoms with Gasteiger partial charge in [-0.1, -0.05) is 18.2 Å². The van der Waals surface area contributed by atoms with Crippen LogP contribution in [0.2, 0.25) is 0 Å². The molecule has 1 fully saturated rings. The molecule has 0 atom stereocenters. The van der Waals surface area contributed by atoms with Crippen molar-refractivity contribution in [1.82, 2.24) is 24.6 Å². The number of aromatic nitrogens is 3. The van der Waals surface area contributed by atoms with E-state index >= 15 is 0 Å². The predicted octanol–water partition coefficient (Wildman–Crippen LogP) is 3.16. The van der Waals surface area contributed by atoms with Crippen LogP contribution in [0.4, 0.5) is 0 Å². The first-order valence-corrected chi connectivity index (χ1v) is 10.6. The molecule has 0 unspecified atom stereocenters. The normalized spacial score (nSPS) is 15.1. The summed E-state index contributed by atoms with van der Waals surface area (Å²) in [6.45, 7) is 10.7. The second-order valence-electron chi connectivity index (χ2n) is 8.01. The predicted molar refractivity (Wildman–Crippen MR) is 117 cm³/mol. The number of benzene rings is 1. The van der Waals surface area contributed by atoms with Crippen molar-refractivity contribution in [2.75, 3.05) is 39.3 Å². The molecule has 158 valence electrons. The summed E-state index contributed by atoms with van der Waals surface area (Å²) < 4.78 is 7.69. The fourth-order valence-electron chi connectivity index (χ4n) is 3.81. The lowest BCUT2D eigenvalue weighted by molar-refractivity contribution is 0.0619. The van der Waals surface area contributed by atoms with E-state index in [9.17, 15) is 4.79 Å². The number of nitrogens with zero attached hydrogens (tertiary/aromatic N) is 5. The molecule has 0 N–H and O–H groups in total. The van der Waals surface area contributed by atoms with Crippen molar-refractivity contribution >= 4 is 16.9 Å². The number of piperazine rings is 1. The minimum Gasteiger partial charge on any atom is -0.492 e. The first-order valence-electron chi connectivity index (χ1n) is 10.6. The van der Waals surface area contributed by atoms with Gasteiger partial charge in [-0.05, 0) is 39.0 Å². The van der Waals surface area contributed by atoms with Crippen LogP contribution >= 0.6 is 0 Å². The monoisotopic (exact) mass is 407 g/mol. The number of amides is 1. The first kappa shape index (κ1) is 20.3. The summed E-state index contributed by atoms with van der Waals surface area (Å²) in [5.41, 5.74) is 2.27. The molecule has 1 amide bonds. The van der Waals surface area contributed by atoms with Crippen LogP contribution in [0.5, 0.6) is 5.75 Å². The summed E-state index contributed by atoms with van der Waals surface area (Å²) in [7, 11) is 0. The Morgan fingerprint density at radius 2 is 1.87 bits per heavy atom. The summed E-state index contributed by atoms with van der Waals surface area (Å²) in [5, 5.41) is 5.33. The van der Waals surface area contributed by atoms with E-state index in [2.05, 4.69) is 28.8 Å². The van der Waals surface area contributed by atoms with Gasteiger partial charge in [0.25, 0.3) is 5.91 Å². The molecule has 1 aliphatic rings. The Bertz CT molecular complexity index is 1010. The number of hydrogen-bond acceptors (Lipinski definition) is 5. The Hall–Kier alpha value is -2.93. The number of aryl methyl sites for hydroxylation is 1. The molecule has 7 nitrogen and oxygen atoms in total. The number of fused-ring (bicyclic) bond motifs is 1. The minimum absolute atomic E-state index is 0.0550. The van der Waals surface area contributed by atoms with E-state index in [1.165, 1.54) is 0 Å². The summed E-state index contributed by atoms with van der Waals surface area (Å²) in [6.07, 6.45) is 1.79. The van der Waals surface area contributed by atoms with Crippen LogP contribution in [0.25, 0.3) is 11.0 Å². The Morgan fingerprint density at radius 3 is 2.57 bits per heavy atom. The summed E-state index contributed by atoms with van der Waals surface area (Å²) in [5.74, 6) is 0.949. The van der Waals surface area contributed by atoms with E-state index in [1.54, 1.807) is 6.20 Å². The van der Waals surface area contributed by atoms with Crippen LogP contribution in [0, 0.1) is 6.92 Å². The van der Waals surface area contributed by atoms with Gasteiger partial charge < -0.3 is 9.64 Å². The van der Waals surface area contributed by atoms with E-state index in [0.29, 0.717) is 25.3 Å². The van der Waals surface area contributed by atoms with Crippen molar-refractivity contribution in [1.29, 1.82) is 0 Å². The average molecular weight is 408 g/mol. The molecular formula is C23H29N5O2. The van der Waals surface area contributed by atoms with Crippen molar-refractivity contribution in [2.24, 2.45) is 0 Å². The highest BCUT2D eigenvalue weighted by Gasteiger charge is 2.24. The van der Waals surface area contributed by atoms with Crippen molar-refractivity contribution < 1.29 is 9.53 Å². The van der Waals surface area contributed by atoms with E-state index in [1.807, 2.05) is 52.9 Å². The first-order chi connectivity index (χ1) is 14.5. The molecule has 30 heavy (non-hydrogen) atoms. The van der Waals surface area contributed by atoms with Gasteiger partial charge in [-0.15, -0.1) is 0 Å². The fraction of sp³-hybridized carbons (Fsp3) is 0.435. The fourth-order valence-corrected chi connectivity index (χ4v) is 3.81. The lowest BCUT2D eigenvalue weighted by atomic mass is 10.1. The summed E-state index contributed by atoms with van der Waals surface area (Å²) in [4.78, 5) is 22.1. The molecule has 2 aromatic heterocycles. The third-order valence-electron chi connectivity index (χ3n) is 5.56. The highest BCUT2D eigenvalue weighted by Crippen LogP contribution is 2.21. The van der Waals surface area contributed by atoms with Crippen LogP contribution in [0.1, 0.15) is 35.9 Å². The number of para-hydroxylation sites is 1. The Morgan fingerprint density at radius 1 is 1.13 bits per heavy atom. The molecule has 0 spiro atoms. The van der Waals surface area contributed by atoms with Crippen LogP contribution < -0.4 is 4.74 Å². The third-order valence-corrected chi connectivity index (χ3v) is 5.56. The minimum atomic E-state index is 0.0550. The molecule has 3 aromatic rings. The van der Waals surface area contributed by atoms with E-state index in [0.717, 1.165) is 42.1 Å². The topological polar surface area (TPSA) is 63.5 Å². The van der Waals surface area contributed by atoms with E-state index in [-0.39, 0.29) is 11.9 Å². The average Bonchev–Trinajstić information content (AvgIpc) is 3.17. The largest absolute Gasteiger partial charge is 0.492 e. The number of carbonyl (C=O) groups excluding carboxylic acids is 1. The van der Waals surface area contributed by atoms with Gasteiger partial charge in [-0.25, -0.2) is 9.67 Å². The summed E-state index contributed by atoms with van der Waals surface area (Å²) in [6, 6.07) is 12.0. The molecule has 7 heteroatoms. The second kappa shape index (κ2) is 8.83. The van der Waals surface area contributed by atoms with Gasteiger partial charge in [-0.2, -0.15) is 5.10 Å². The summed E-state index contributed by atoms with van der Waals surface area (Å²) >= 11 is 0. The molecule has 0 bridgehead atoms. The Labute approximate surface area is 177 Å². The molecular weight excluding hydrogens is 378 g/mol. The zero-order chi connectivity index (χ0) is 21.1. The van der Waals surface area contributed by atoms with Gasteiger partial charge in [-0.3, -0.25) is 9.69 Å². The number of carbonyl (C=O) groups is 1. The number of pyridine rings is 1. The Kier molecular flexibility index (Phi) is 5.99. The van der Waals surface area contributed by atoms with Crippen LogP contribution in [-0.4, -0.2) is 69.8 Å². The zero-order valence-electron chi connectivity index (χ0n) is 17.9. The van der Waals surface area contributed by atoms with Gasteiger partial charge in [0, 0.05) is 44.2 Å². The van der Waals surface area contributed by atoms with Crippen LogP contribution in [0.3, 0.4) is 0 Å². The third kappa shape index (κ3) is 4.31. The lowest BCUT2D eigenvalue weighted by Gasteiger charge is -2.34. The second-order valence-corrected chi connectivity index (χ2v) is 8.01. The number of ether oxygens (including phenoxy) is 1. The molecule has 1 aliphatic heterocycles. The molecule has 0 saturated carbocycles. The maximum Gasteiger partial charge on any atom is 0.255 e. The van der Waals surface area contributed by atoms with Gasteiger partial charge >= 0.3 is 0 Å². The standard InChI is InChI=1S/C23H29N5O2/c1-17(2)28-22-19(16-24-28)15-21(18(3)25-22)23(29)27-11-9-26(10-12-27)13-14-30-20-7-5-4-6-8-20/h4-8,15-17H,9-14H2,1-3H3. The van der Waals surface area contributed by atoms with Gasteiger partial charge in [0.15, 0.2) is 5.65 Å². The van der Waals surface area contributed by atoms with E-state index in [4.69, 9.17) is 4.74 Å². The van der Waals surface area contributed by atoms with Crippen molar-refractivity contribution in [2.45, 2.75) is 26.8 Å². The quantitative estimate of drug-likeness (QED) is 0.628. The van der Waals surface area contributed by atoms with Gasteiger partial charge in [0.05, 0.1) is 17.5 Å². The lowest BCUT2D eigenvalue weighted by Crippen LogP contribution is -2.49. The zero-order valence-corrected chi connectivity index (χ0v) is 17.9.